The minimum absolute atomic E-state index is 0.259. The third kappa shape index (κ3) is 2.26. The van der Waals surface area contributed by atoms with Gasteiger partial charge in [-0.3, -0.25) is 0 Å². The van der Waals surface area contributed by atoms with Crippen molar-refractivity contribution >= 4 is 21.9 Å². The predicted molar refractivity (Wildman–Crippen MR) is 68.2 cm³/mol. The first-order chi connectivity index (χ1) is 8.13. The monoisotopic (exact) mass is 294 g/mol. The Bertz CT molecular complexity index is 540. The van der Waals surface area contributed by atoms with Crippen molar-refractivity contribution in [3.63, 3.8) is 0 Å². The maximum atomic E-state index is 11.2. The van der Waals surface area contributed by atoms with E-state index in [9.17, 15) is 9.90 Å². The van der Waals surface area contributed by atoms with Crippen LogP contribution in [0, 0.1) is 0 Å². The molecule has 4 heteroatoms. The molecule has 88 valence electrons. The molecule has 1 heterocycles. The lowest BCUT2D eigenvalue weighted by atomic mass is 10.0. The van der Waals surface area contributed by atoms with Crippen molar-refractivity contribution in [3.8, 4) is 11.3 Å². The fourth-order valence-corrected chi connectivity index (χ4v) is 1.97. The number of halogens is 1. The Morgan fingerprint density at radius 1 is 1.35 bits per heavy atom. The largest absolute Gasteiger partial charge is 0.478 e. The summed E-state index contributed by atoms with van der Waals surface area (Å²) in [5.41, 5.74) is 1.75. The molecule has 0 atom stereocenters. The molecular weight excluding hydrogens is 284 g/mol. The van der Waals surface area contributed by atoms with Crippen LogP contribution in [-0.2, 0) is 6.42 Å². The van der Waals surface area contributed by atoms with Crippen LogP contribution < -0.4 is 0 Å². The van der Waals surface area contributed by atoms with Crippen LogP contribution in [0.4, 0.5) is 0 Å². The van der Waals surface area contributed by atoms with Crippen LogP contribution >= 0.6 is 15.9 Å². The maximum Gasteiger partial charge on any atom is 0.339 e. The van der Waals surface area contributed by atoms with Crippen LogP contribution in [0.15, 0.2) is 39.4 Å². The summed E-state index contributed by atoms with van der Waals surface area (Å²) >= 11 is 3.34. The van der Waals surface area contributed by atoms with Crippen molar-refractivity contribution in [1.29, 1.82) is 0 Å². The highest BCUT2D eigenvalue weighted by molar-refractivity contribution is 9.10. The van der Waals surface area contributed by atoms with Crippen molar-refractivity contribution in [2.24, 2.45) is 0 Å². The predicted octanol–water partition coefficient (Wildman–Crippen LogP) is 3.97. The molecule has 0 saturated heterocycles. The molecule has 1 N–H and O–H groups in total. The van der Waals surface area contributed by atoms with Gasteiger partial charge < -0.3 is 9.52 Å². The number of hydrogen-bond donors (Lipinski definition) is 1. The highest BCUT2D eigenvalue weighted by atomic mass is 79.9. The minimum atomic E-state index is -0.950. The van der Waals surface area contributed by atoms with E-state index in [0.29, 0.717) is 12.2 Å². The molecule has 1 aromatic heterocycles. The molecule has 0 saturated carbocycles. The standard InChI is InChI=1S/C13H11BrO3/c1-2-8-7-17-12(11(8)13(15)16)9-3-5-10(14)6-4-9/h3-7H,2H2,1H3,(H,15,16). The number of benzene rings is 1. The number of aromatic carboxylic acids is 1. The van der Waals surface area contributed by atoms with Crippen LogP contribution in [-0.4, -0.2) is 11.1 Å². The number of rotatable bonds is 3. The van der Waals surface area contributed by atoms with Gasteiger partial charge in [-0.15, -0.1) is 0 Å². The second-order valence-electron chi connectivity index (χ2n) is 3.63. The quantitative estimate of drug-likeness (QED) is 0.932. The molecule has 2 aromatic rings. The summed E-state index contributed by atoms with van der Waals surface area (Å²) in [5.74, 6) is -0.532. The van der Waals surface area contributed by atoms with E-state index in [4.69, 9.17) is 4.42 Å². The van der Waals surface area contributed by atoms with Crippen molar-refractivity contribution in [3.05, 3.63) is 46.1 Å². The molecular formula is C13H11BrO3. The Hall–Kier alpha value is -1.55. The van der Waals surface area contributed by atoms with E-state index in [-0.39, 0.29) is 5.56 Å². The Morgan fingerprint density at radius 3 is 2.53 bits per heavy atom. The summed E-state index contributed by atoms with van der Waals surface area (Å²) in [7, 11) is 0. The van der Waals surface area contributed by atoms with Gasteiger partial charge in [-0.1, -0.05) is 35.0 Å². The third-order valence-electron chi connectivity index (χ3n) is 2.57. The molecule has 0 bridgehead atoms. The molecule has 17 heavy (non-hydrogen) atoms. The molecule has 0 unspecified atom stereocenters. The average Bonchev–Trinajstić information content (AvgIpc) is 2.73. The SMILES string of the molecule is CCc1coc(-c2ccc(Br)cc2)c1C(=O)O. The molecule has 1 aromatic carbocycles. The highest BCUT2D eigenvalue weighted by Gasteiger charge is 2.20. The van der Waals surface area contributed by atoms with E-state index in [0.717, 1.165) is 15.6 Å². The van der Waals surface area contributed by atoms with Crippen LogP contribution in [0.2, 0.25) is 0 Å². The van der Waals surface area contributed by atoms with Crippen LogP contribution in [0.5, 0.6) is 0 Å². The van der Waals surface area contributed by atoms with Gasteiger partial charge in [-0.05, 0) is 18.6 Å². The lowest BCUT2D eigenvalue weighted by Crippen LogP contribution is -2.00. The van der Waals surface area contributed by atoms with Crippen LogP contribution in [0.3, 0.4) is 0 Å². The molecule has 0 spiro atoms. The average molecular weight is 295 g/mol. The third-order valence-corrected chi connectivity index (χ3v) is 3.10. The normalized spacial score (nSPS) is 10.5. The first-order valence-corrected chi connectivity index (χ1v) is 6.02. The van der Waals surface area contributed by atoms with E-state index in [2.05, 4.69) is 15.9 Å². The molecule has 3 nitrogen and oxygen atoms in total. The van der Waals surface area contributed by atoms with E-state index >= 15 is 0 Å². The molecule has 0 aliphatic carbocycles. The van der Waals surface area contributed by atoms with Gasteiger partial charge >= 0.3 is 5.97 Å². The summed E-state index contributed by atoms with van der Waals surface area (Å²) in [4.78, 5) is 11.2. The topological polar surface area (TPSA) is 50.4 Å². The molecule has 0 aliphatic heterocycles. The van der Waals surface area contributed by atoms with Crippen LogP contribution in [0.25, 0.3) is 11.3 Å². The van der Waals surface area contributed by atoms with Gasteiger partial charge in [-0.25, -0.2) is 4.79 Å². The minimum Gasteiger partial charge on any atom is -0.478 e. The summed E-state index contributed by atoms with van der Waals surface area (Å²) in [6.07, 6.45) is 2.16. The zero-order chi connectivity index (χ0) is 12.4. The Balaban J connectivity index is 2.55. The van der Waals surface area contributed by atoms with Crippen molar-refractivity contribution in [1.82, 2.24) is 0 Å². The summed E-state index contributed by atoms with van der Waals surface area (Å²) < 4.78 is 6.32. The zero-order valence-corrected chi connectivity index (χ0v) is 10.8. The van der Waals surface area contributed by atoms with Gasteiger partial charge in [0.2, 0.25) is 0 Å². The number of carboxylic acid groups (broad SMARTS) is 1. The van der Waals surface area contributed by atoms with Crippen molar-refractivity contribution in [2.45, 2.75) is 13.3 Å². The number of furan rings is 1. The second kappa shape index (κ2) is 4.75. The van der Waals surface area contributed by atoms with E-state index in [1.54, 1.807) is 0 Å². The summed E-state index contributed by atoms with van der Waals surface area (Å²) in [6, 6.07) is 7.37. The Morgan fingerprint density at radius 2 is 2.00 bits per heavy atom. The van der Waals surface area contributed by atoms with Crippen molar-refractivity contribution in [2.75, 3.05) is 0 Å². The van der Waals surface area contributed by atoms with Gasteiger partial charge in [0.25, 0.3) is 0 Å². The van der Waals surface area contributed by atoms with Gasteiger partial charge in [0.05, 0.1) is 6.26 Å². The molecule has 0 fully saturated rings. The van der Waals surface area contributed by atoms with Crippen molar-refractivity contribution < 1.29 is 14.3 Å². The first kappa shape index (κ1) is 11.9. The lowest BCUT2D eigenvalue weighted by Gasteiger charge is -2.00. The number of carboxylic acids is 1. The van der Waals surface area contributed by atoms with E-state index in [1.807, 2.05) is 31.2 Å². The number of hydrogen-bond acceptors (Lipinski definition) is 2. The van der Waals surface area contributed by atoms with Gasteiger partial charge in [-0.2, -0.15) is 0 Å². The molecule has 2 rings (SSSR count). The smallest absolute Gasteiger partial charge is 0.339 e. The fourth-order valence-electron chi connectivity index (χ4n) is 1.70. The first-order valence-electron chi connectivity index (χ1n) is 5.23. The number of aryl methyl sites for hydroxylation is 1. The van der Waals surface area contributed by atoms with Crippen LogP contribution in [0.1, 0.15) is 22.8 Å². The Labute approximate surface area is 107 Å². The van der Waals surface area contributed by atoms with Gasteiger partial charge in [0, 0.05) is 15.6 Å². The molecule has 0 amide bonds. The zero-order valence-electron chi connectivity index (χ0n) is 9.24. The molecule has 0 aliphatic rings. The molecule has 0 radical (unpaired) electrons. The lowest BCUT2D eigenvalue weighted by molar-refractivity contribution is 0.0696. The van der Waals surface area contributed by atoms with E-state index < -0.39 is 5.97 Å². The second-order valence-corrected chi connectivity index (χ2v) is 4.55. The fraction of sp³-hybridized carbons (Fsp3) is 0.154. The maximum absolute atomic E-state index is 11.2. The highest BCUT2D eigenvalue weighted by Crippen LogP contribution is 2.29. The summed E-state index contributed by atoms with van der Waals surface area (Å²) in [5, 5.41) is 9.21. The number of carbonyl (C=O) groups is 1. The van der Waals surface area contributed by atoms with Gasteiger partial charge in [0.1, 0.15) is 11.3 Å². The van der Waals surface area contributed by atoms with Gasteiger partial charge in [0.15, 0.2) is 0 Å². The Kier molecular flexibility index (Phi) is 3.33. The van der Waals surface area contributed by atoms with E-state index in [1.165, 1.54) is 6.26 Å². The summed E-state index contributed by atoms with van der Waals surface area (Å²) in [6.45, 7) is 1.91.